The zero-order chi connectivity index (χ0) is 55.1. The Morgan fingerprint density at radius 3 is 1.80 bits per heavy atom. The van der Waals surface area contributed by atoms with Crippen LogP contribution in [0.4, 0.5) is 0 Å². The SMILES string of the molecule is CC(C)=CCC[C@](C)(O[C@H]1O[C@@H](CO[C@H]2OC[C@H](O)[C@H](O)[C@H]2O)[C@H](O)[C@@H](O)[C@@H]1O)[C@H]1CC[C@]2(C)[C@@H]1[C@H](O)C[C@@H]1[C@@]3(C)CC[C@H](O[C@@H]4O[C@H](CO)[C@@H](O)[C@H](O)[C@H]4O[C@@H]4O[C@H](CO)[C@@H](O)[C@H](O)[C@H]4O)C(C)(C)[C@@H]3CC[C@]12C. The molecule has 0 aromatic heterocycles. The third-order valence-corrected chi connectivity index (χ3v) is 20.5. The topological polar surface area (TPSA) is 357 Å². The van der Waals surface area contributed by atoms with Gasteiger partial charge in [-0.1, -0.05) is 46.3 Å². The van der Waals surface area contributed by atoms with Crippen LogP contribution in [-0.4, -0.2) is 232 Å². The predicted octanol–water partition coefficient (Wildman–Crippen LogP) is -1.56. The van der Waals surface area contributed by atoms with Gasteiger partial charge >= 0.3 is 0 Å². The normalized spacial score (nSPS) is 52.7. The molecule has 4 saturated heterocycles. The van der Waals surface area contributed by atoms with E-state index in [-0.39, 0.29) is 41.1 Å². The predicted molar refractivity (Wildman–Crippen MR) is 260 cm³/mol. The Morgan fingerprint density at radius 1 is 0.587 bits per heavy atom. The molecule has 4 heterocycles. The lowest BCUT2D eigenvalue weighted by molar-refractivity contribution is -0.378. The molecule has 4 saturated carbocycles. The van der Waals surface area contributed by atoms with Crippen LogP contribution in [0.15, 0.2) is 11.6 Å². The minimum Gasteiger partial charge on any atom is -0.394 e. The molecule has 14 N–H and O–H groups in total. The van der Waals surface area contributed by atoms with Gasteiger partial charge in [-0.3, -0.25) is 0 Å². The summed E-state index contributed by atoms with van der Waals surface area (Å²) in [6, 6.07) is 0. The maximum atomic E-state index is 12.8. The van der Waals surface area contributed by atoms with Crippen molar-refractivity contribution in [3.05, 3.63) is 11.6 Å². The maximum Gasteiger partial charge on any atom is 0.187 e. The van der Waals surface area contributed by atoms with Crippen LogP contribution in [0.25, 0.3) is 0 Å². The molecule has 0 amide bonds. The summed E-state index contributed by atoms with van der Waals surface area (Å²) in [5, 5.41) is 151. The minimum atomic E-state index is -1.81. The van der Waals surface area contributed by atoms with Crippen molar-refractivity contribution in [2.45, 2.75) is 248 Å². The zero-order valence-electron chi connectivity index (χ0n) is 44.7. The molecule has 434 valence electrons. The largest absolute Gasteiger partial charge is 0.394 e. The third-order valence-electron chi connectivity index (χ3n) is 20.5. The quantitative estimate of drug-likeness (QED) is 0.0651. The summed E-state index contributed by atoms with van der Waals surface area (Å²) in [7, 11) is 0. The van der Waals surface area contributed by atoms with E-state index in [1.807, 2.05) is 20.8 Å². The van der Waals surface area contributed by atoms with Gasteiger partial charge in [0.05, 0.1) is 44.2 Å². The number of aliphatic hydroxyl groups is 14. The van der Waals surface area contributed by atoms with E-state index in [1.54, 1.807) is 0 Å². The molecule has 8 aliphatic rings. The minimum absolute atomic E-state index is 0.0508. The highest BCUT2D eigenvalue weighted by atomic mass is 16.8. The maximum absolute atomic E-state index is 12.8. The van der Waals surface area contributed by atoms with E-state index >= 15 is 0 Å². The van der Waals surface area contributed by atoms with Gasteiger partial charge in [-0.15, -0.1) is 0 Å². The molecule has 8 fully saturated rings. The van der Waals surface area contributed by atoms with Crippen molar-refractivity contribution in [1.82, 2.24) is 0 Å². The van der Waals surface area contributed by atoms with Gasteiger partial charge in [0.25, 0.3) is 0 Å². The number of aliphatic hydroxyl groups excluding tert-OH is 14. The molecule has 0 aromatic rings. The molecule has 0 aromatic carbocycles. The van der Waals surface area contributed by atoms with Crippen molar-refractivity contribution in [2.75, 3.05) is 26.4 Å². The molecule has 4 aliphatic carbocycles. The molecule has 22 nitrogen and oxygen atoms in total. The van der Waals surface area contributed by atoms with Crippen LogP contribution in [0.1, 0.15) is 113 Å². The van der Waals surface area contributed by atoms with Crippen molar-refractivity contribution >= 4 is 0 Å². The average molecular weight is 1080 g/mol. The van der Waals surface area contributed by atoms with Crippen LogP contribution in [0.3, 0.4) is 0 Å². The summed E-state index contributed by atoms with van der Waals surface area (Å²) in [6.45, 7) is 15.1. The molecule has 0 spiro atoms. The van der Waals surface area contributed by atoms with Gasteiger partial charge in [0.1, 0.15) is 91.6 Å². The van der Waals surface area contributed by atoms with Crippen molar-refractivity contribution in [1.29, 1.82) is 0 Å². The van der Waals surface area contributed by atoms with Gasteiger partial charge in [0.15, 0.2) is 25.2 Å². The fourth-order valence-electron chi connectivity index (χ4n) is 16.0. The standard InChI is InChI=1S/C53H90O22/c1-23(2)10-9-14-53(8,75-47-43(67)39(63)37(61)29(72-47)22-69-45-41(65)34(58)26(57)21-68-45)24-11-16-52(7)33(24)25(56)18-31-50(5)15-13-32(49(3,4)30(50)12-17-51(31,52)6)73-48-44(40(64)36(60)28(20-55)71-48)74-46-42(66)38(62)35(59)27(19-54)70-46/h10,24-48,54-67H,9,11-22H2,1-8H3/t24-,25+,26-,27+,28+,29-,30-,31+,32-,33-,34-,35+,36+,37-,38-,39+,40-,41+,42+,43-,44+,45+,46-,47+,48-,50-,51+,52+,53-/m0/s1. The Morgan fingerprint density at radius 2 is 1.16 bits per heavy atom. The van der Waals surface area contributed by atoms with E-state index in [4.69, 9.17) is 37.9 Å². The van der Waals surface area contributed by atoms with Crippen LogP contribution < -0.4 is 0 Å². The first-order valence-corrected chi connectivity index (χ1v) is 27.3. The zero-order valence-corrected chi connectivity index (χ0v) is 44.7. The lowest BCUT2D eigenvalue weighted by Crippen LogP contribution is -2.68. The summed E-state index contributed by atoms with van der Waals surface area (Å²) < 4.78 is 48.8. The number of ether oxygens (including phenoxy) is 8. The molecule has 0 radical (unpaired) electrons. The molecule has 22 heteroatoms. The summed E-state index contributed by atoms with van der Waals surface area (Å²) in [5.41, 5.74) is -1.48. The van der Waals surface area contributed by atoms with Crippen LogP contribution in [0.5, 0.6) is 0 Å². The first-order valence-electron chi connectivity index (χ1n) is 27.3. The van der Waals surface area contributed by atoms with Crippen LogP contribution in [-0.2, 0) is 37.9 Å². The van der Waals surface area contributed by atoms with E-state index in [2.05, 4.69) is 40.7 Å². The fraction of sp³-hybridized carbons (Fsp3) is 0.962. The second-order valence-electron chi connectivity index (χ2n) is 25.3. The van der Waals surface area contributed by atoms with Crippen molar-refractivity contribution < 1.29 is 109 Å². The lowest BCUT2D eigenvalue weighted by atomic mass is 9.35. The smallest absolute Gasteiger partial charge is 0.187 e. The average Bonchev–Trinajstić information content (AvgIpc) is 3.75. The van der Waals surface area contributed by atoms with Crippen LogP contribution in [0, 0.1) is 45.3 Å². The monoisotopic (exact) mass is 1080 g/mol. The van der Waals surface area contributed by atoms with Gasteiger partial charge in [-0.2, -0.15) is 0 Å². The van der Waals surface area contributed by atoms with Crippen molar-refractivity contribution in [2.24, 2.45) is 45.3 Å². The first-order chi connectivity index (χ1) is 35.1. The van der Waals surface area contributed by atoms with E-state index in [9.17, 15) is 71.5 Å². The molecule has 4 aliphatic heterocycles. The first kappa shape index (κ1) is 60.0. The molecule has 8 rings (SSSR count). The summed E-state index contributed by atoms with van der Waals surface area (Å²) in [6.07, 6.45) is -22.6. The highest BCUT2D eigenvalue weighted by molar-refractivity contribution is 5.20. The Balaban J connectivity index is 1.01. The number of allylic oxidation sites excluding steroid dienone is 2. The second kappa shape index (κ2) is 22.7. The fourth-order valence-corrected chi connectivity index (χ4v) is 16.0. The van der Waals surface area contributed by atoms with Gasteiger partial charge in [-0.05, 0) is 124 Å². The Labute approximate surface area is 439 Å². The highest BCUT2D eigenvalue weighted by Crippen LogP contribution is 2.76. The van der Waals surface area contributed by atoms with Crippen molar-refractivity contribution in [3.8, 4) is 0 Å². The summed E-state index contributed by atoms with van der Waals surface area (Å²) in [4.78, 5) is 0. The lowest BCUT2D eigenvalue weighted by Gasteiger charge is -2.71. The summed E-state index contributed by atoms with van der Waals surface area (Å²) in [5.74, 6) is -0.395. The third kappa shape index (κ3) is 10.6. The molecule has 29 atom stereocenters. The Bertz CT molecular complexity index is 1940. The molecular formula is C53H90O22. The number of rotatable bonds is 15. The van der Waals surface area contributed by atoms with Gasteiger partial charge in [0.2, 0.25) is 0 Å². The number of hydrogen-bond acceptors (Lipinski definition) is 22. The van der Waals surface area contributed by atoms with E-state index in [0.717, 1.165) is 24.8 Å². The second-order valence-corrected chi connectivity index (χ2v) is 25.3. The summed E-state index contributed by atoms with van der Waals surface area (Å²) >= 11 is 0. The van der Waals surface area contributed by atoms with E-state index < -0.39 is 165 Å². The highest BCUT2D eigenvalue weighted by Gasteiger charge is 2.72. The molecule has 0 bridgehead atoms. The van der Waals surface area contributed by atoms with Gasteiger partial charge < -0.3 is 109 Å². The number of fused-ring (bicyclic) bond motifs is 5. The van der Waals surface area contributed by atoms with Crippen molar-refractivity contribution in [3.63, 3.8) is 0 Å². The van der Waals surface area contributed by atoms with E-state index in [0.29, 0.717) is 38.5 Å². The van der Waals surface area contributed by atoms with Gasteiger partial charge in [-0.25, -0.2) is 0 Å². The van der Waals surface area contributed by atoms with E-state index in [1.165, 1.54) is 0 Å². The molecular weight excluding hydrogens is 989 g/mol. The molecule has 0 unspecified atom stereocenters. The Hall–Kier alpha value is -1.14. The number of hydrogen-bond donors (Lipinski definition) is 14. The van der Waals surface area contributed by atoms with Crippen LogP contribution in [0.2, 0.25) is 0 Å². The molecule has 75 heavy (non-hydrogen) atoms. The van der Waals surface area contributed by atoms with Crippen LogP contribution >= 0.6 is 0 Å². The Kier molecular flexibility index (Phi) is 18.1. The van der Waals surface area contributed by atoms with Gasteiger partial charge in [0, 0.05) is 0 Å².